The van der Waals surface area contributed by atoms with Crippen molar-refractivity contribution < 1.29 is 4.79 Å². The van der Waals surface area contributed by atoms with Crippen molar-refractivity contribution in [3.05, 3.63) is 50.1 Å². The summed E-state index contributed by atoms with van der Waals surface area (Å²) in [6.45, 7) is 0. The molecule has 2 N–H and O–H groups in total. The minimum Gasteiger partial charge on any atom is -0.348 e. The fourth-order valence-corrected chi connectivity index (χ4v) is 2.74. The lowest BCUT2D eigenvalue weighted by molar-refractivity contribution is 0.0923. The summed E-state index contributed by atoms with van der Waals surface area (Å²) in [7, 11) is 2.86. The fraction of sp³-hybridized carbons (Fsp3) is 0.429. The Morgan fingerprint density at radius 2 is 2.14 bits per heavy atom. The van der Waals surface area contributed by atoms with Crippen molar-refractivity contribution in [2.75, 3.05) is 0 Å². The molecule has 3 rings (SSSR count). The van der Waals surface area contributed by atoms with E-state index in [1.165, 1.54) is 30.3 Å². The summed E-state index contributed by atoms with van der Waals surface area (Å²) < 4.78 is 2.15. The summed E-state index contributed by atoms with van der Waals surface area (Å²) in [5, 5.41) is 9.81. The van der Waals surface area contributed by atoms with Crippen molar-refractivity contribution in [1.82, 2.24) is 24.6 Å². The smallest absolute Gasteiger partial charge is 0.331 e. The van der Waals surface area contributed by atoms with Gasteiger partial charge in [0.15, 0.2) is 0 Å². The van der Waals surface area contributed by atoms with Gasteiger partial charge in [0.1, 0.15) is 5.69 Å². The monoisotopic (exact) mass is 303 g/mol. The van der Waals surface area contributed by atoms with Crippen molar-refractivity contribution in [2.45, 2.75) is 25.3 Å². The van der Waals surface area contributed by atoms with Crippen LogP contribution in [0, 0.1) is 0 Å². The Bertz CT molecular complexity index is 845. The first-order chi connectivity index (χ1) is 10.5. The molecule has 0 saturated carbocycles. The molecule has 2 aromatic rings. The second-order valence-corrected chi connectivity index (χ2v) is 5.56. The Morgan fingerprint density at radius 1 is 1.36 bits per heavy atom. The number of hydrogen-bond donors (Lipinski definition) is 2. The molecule has 1 amide bonds. The Morgan fingerprint density at radius 3 is 2.91 bits per heavy atom. The first kappa shape index (κ1) is 14.3. The van der Waals surface area contributed by atoms with E-state index in [0.717, 1.165) is 23.1 Å². The van der Waals surface area contributed by atoms with E-state index in [1.54, 1.807) is 6.20 Å². The van der Waals surface area contributed by atoms with Crippen LogP contribution >= 0.6 is 0 Å². The predicted octanol–water partition coefficient (Wildman–Crippen LogP) is -0.906. The van der Waals surface area contributed by atoms with E-state index in [0.29, 0.717) is 6.42 Å². The quantitative estimate of drug-likeness (QED) is 0.750. The Hall–Kier alpha value is -2.64. The third-order valence-corrected chi connectivity index (χ3v) is 4.11. The van der Waals surface area contributed by atoms with Crippen LogP contribution in [-0.4, -0.2) is 31.3 Å². The van der Waals surface area contributed by atoms with Gasteiger partial charge in [0.2, 0.25) is 0 Å². The highest BCUT2D eigenvalue weighted by atomic mass is 16.2. The summed E-state index contributed by atoms with van der Waals surface area (Å²) in [5.74, 6) is -0.412. The van der Waals surface area contributed by atoms with E-state index in [-0.39, 0.29) is 11.7 Å². The van der Waals surface area contributed by atoms with Crippen molar-refractivity contribution in [1.29, 1.82) is 0 Å². The third-order valence-electron chi connectivity index (χ3n) is 4.11. The van der Waals surface area contributed by atoms with Gasteiger partial charge >= 0.3 is 5.69 Å². The van der Waals surface area contributed by atoms with Gasteiger partial charge in [-0.25, -0.2) is 4.79 Å². The van der Waals surface area contributed by atoms with Crippen molar-refractivity contribution in [3.63, 3.8) is 0 Å². The summed E-state index contributed by atoms with van der Waals surface area (Å²) in [5.41, 5.74) is 1.26. The lowest BCUT2D eigenvalue weighted by atomic mass is 9.93. The van der Waals surface area contributed by atoms with Crippen LogP contribution in [0.25, 0.3) is 0 Å². The summed E-state index contributed by atoms with van der Waals surface area (Å²) >= 11 is 0. The molecule has 0 aliphatic heterocycles. The van der Waals surface area contributed by atoms with Crippen LogP contribution in [0.4, 0.5) is 0 Å². The van der Waals surface area contributed by atoms with E-state index < -0.39 is 17.2 Å². The van der Waals surface area contributed by atoms with Crippen LogP contribution in [0.5, 0.6) is 0 Å². The molecule has 0 fully saturated rings. The number of nitrogens with one attached hydrogen (secondary N) is 2. The number of hydrogen-bond acceptors (Lipinski definition) is 4. The van der Waals surface area contributed by atoms with Crippen LogP contribution in [0.3, 0.4) is 0 Å². The maximum absolute atomic E-state index is 12.4. The van der Waals surface area contributed by atoms with Gasteiger partial charge in [-0.2, -0.15) is 5.10 Å². The van der Waals surface area contributed by atoms with Gasteiger partial charge < -0.3 is 5.32 Å². The molecule has 8 heteroatoms. The van der Waals surface area contributed by atoms with E-state index >= 15 is 0 Å². The summed E-state index contributed by atoms with van der Waals surface area (Å²) in [6.07, 6.45) is 4.11. The zero-order valence-electron chi connectivity index (χ0n) is 12.4. The second kappa shape index (κ2) is 5.28. The average Bonchev–Trinajstić information content (AvgIpc) is 2.96. The van der Waals surface area contributed by atoms with Gasteiger partial charge in [0, 0.05) is 38.3 Å². The van der Waals surface area contributed by atoms with Crippen molar-refractivity contribution >= 4 is 5.91 Å². The zero-order valence-corrected chi connectivity index (χ0v) is 12.4. The highest BCUT2D eigenvalue weighted by Crippen LogP contribution is 2.18. The van der Waals surface area contributed by atoms with Gasteiger partial charge in [-0.1, -0.05) is 0 Å². The molecule has 1 unspecified atom stereocenters. The number of H-pyrrole nitrogens is 1. The van der Waals surface area contributed by atoms with Crippen molar-refractivity contribution in [3.8, 4) is 0 Å². The maximum Gasteiger partial charge on any atom is 0.331 e. The van der Waals surface area contributed by atoms with Gasteiger partial charge in [-0.15, -0.1) is 0 Å². The largest absolute Gasteiger partial charge is 0.348 e. The first-order valence-corrected chi connectivity index (χ1v) is 7.06. The Kier molecular flexibility index (Phi) is 3.44. The van der Waals surface area contributed by atoms with Gasteiger partial charge in [0.05, 0.1) is 6.20 Å². The Labute approximate surface area is 125 Å². The van der Waals surface area contributed by atoms with E-state index in [9.17, 15) is 14.4 Å². The molecule has 1 aliphatic carbocycles. The predicted molar refractivity (Wildman–Crippen MR) is 78.8 cm³/mol. The number of aromatic amines is 1. The molecule has 8 nitrogen and oxygen atoms in total. The molecule has 0 saturated heterocycles. The third kappa shape index (κ3) is 2.36. The number of carbonyl (C=O) groups is 1. The van der Waals surface area contributed by atoms with Crippen molar-refractivity contribution in [2.24, 2.45) is 14.1 Å². The zero-order chi connectivity index (χ0) is 15.9. The van der Waals surface area contributed by atoms with Crippen LogP contribution in [0.15, 0.2) is 21.9 Å². The summed E-state index contributed by atoms with van der Waals surface area (Å²) in [6, 6.07) is 1.14. The number of amides is 1. The minimum absolute atomic E-state index is 0.0420. The number of carbonyl (C=O) groups excluding carboxylic acids is 1. The molecule has 22 heavy (non-hydrogen) atoms. The summed E-state index contributed by atoms with van der Waals surface area (Å²) in [4.78, 5) is 35.9. The number of nitrogens with zero attached hydrogens (tertiary/aromatic N) is 3. The lowest BCUT2D eigenvalue weighted by Crippen LogP contribution is -2.44. The number of fused-ring (bicyclic) bond motifs is 1. The topological polar surface area (TPSA) is 102 Å². The molecule has 1 atom stereocenters. The average molecular weight is 303 g/mol. The van der Waals surface area contributed by atoms with Gasteiger partial charge in [-0.05, 0) is 18.4 Å². The highest BCUT2D eigenvalue weighted by molar-refractivity contribution is 5.92. The Balaban J connectivity index is 1.82. The molecule has 2 aromatic heterocycles. The second-order valence-electron chi connectivity index (χ2n) is 5.56. The molecular weight excluding hydrogens is 286 g/mol. The molecule has 0 spiro atoms. The minimum atomic E-state index is -0.517. The van der Waals surface area contributed by atoms with Gasteiger partial charge in [-0.3, -0.25) is 23.8 Å². The van der Waals surface area contributed by atoms with Crippen LogP contribution in [-0.2, 0) is 26.9 Å². The molecule has 116 valence electrons. The molecule has 2 heterocycles. The van der Waals surface area contributed by atoms with Gasteiger partial charge in [0.25, 0.3) is 11.5 Å². The number of aryl methyl sites for hydroxylation is 1. The SMILES string of the molecule is Cn1c(C(=O)NC2CCc3cn[nH]c3C2)cc(=O)n(C)c1=O. The van der Waals surface area contributed by atoms with Crippen LogP contribution in [0.2, 0.25) is 0 Å². The highest BCUT2D eigenvalue weighted by Gasteiger charge is 2.23. The molecule has 1 aliphatic rings. The number of rotatable bonds is 2. The van der Waals surface area contributed by atoms with Crippen LogP contribution in [0.1, 0.15) is 28.2 Å². The fourth-order valence-electron chi connectivity index (χ4n) is 2.74. The normalized spacial score (nSPS) is 17.1. The first-order valence-electron chi connectivity index (χ1n) is 7.06. The number of aromatic nitrogens is 4. The molecule has 0 aromatic carbocycles. The van der Waals surface area contributed by atoms with E-state index in [4.69, 9.17) is 0 Å². The molecular formula is C14H17N5O3. The molecule has 0 radical (unpaired) electrons. The van der Waals surface area contributed by atoms with E-state index in [2.05, 4.69) is 15.5 Å². The van der Waals surface area contributed by atoms with Crippen LogP contribution < -0.4 is 16.6 Å². The lowest BCUT2D eigenvalue weighted by Gasteiger charge is -2.23. The maximum atomic E-state index is 12.4. The molecule has 0 bridgehead atoms. The standard InChI is InChI=1S/C14H17N5O3/c1-18-11(6-12(20)19(2)14(18)22)13(21)16-9-4-3-8-7-15-17-10(8)5-9/h6-7,9H,3-5H2,1-2H3,(H,15,17)(H,16,21). The van der Waals surface area contributed by atoms with E-state index in [1.807, 2.05) is 0 Å².